The molecule has 1 N–H and O–H groups in total. The van der Waals surface area contributed by atoms with Gasteiger partial charge in [0, 0.05) is 35.8 Å². The molecular formula is C35H47NO7S. The topological polar surface area (TPSA) is 92.3 Å². The van der Waals surface area contributed by atoms with Crippen LogP contribution >= 0.6 is 0 Å². The van der Waals surface area contributed by atoms with Crippen molar-refractivity contribution in [3.05, 3.63) is 89.5 Å². The first-order valence-corrected chi connectivity index (χ1v) is 17.4. The second-order valence-electron chi connectivity index (χ2n) is 10.9. The third-order valence-corrected chi connectivity index (χ3v) is 10.3. The van der Waals surface area contributed by atoms with E-state index < -0.39 is 15.1 Å². The average Bonchev–Trinajstić information content (AvgIpc) is 3.06. The van der Waals surface area contributed by atoms with Gasteiger partial charge >= 0.3 is 0 Å². The largest absolute Gasteiger partial charge is 0.496 e. The van der Waals surface area contributed by atoms with Crippen LogP contribution in [0.5, 0.6) is 17.2 Å². The second-order valence-corrected chi connectivity index (χ2v) is 13.4. The van der Waals surface area contributed by atoms with Gasteiger partial charge in [-0.15, -0.1) is 0 Å². The van der Waals surface area contributed by atoms with Crippen molar-refractivity contribution in [2.24, 2.45) is 0 Å². The first-order chi connectivity index (χ1) is 21.5. The first-order valence-electron chi connectivity index (χ1n) is 15.6. The summed E-state index contributed by atoms with van der Waals surface area (Å²) < 4.78 is 54.8. The number of methoxy groups -OCH3 is 1. The maximum Gasteiger partial charge on any atom is 0.157 e. The number of ether oxygens (including phenoxy) is 5. The minimum Gasteiger partial charge on any atom is -0.496 e. The fourth-order valence-electron chi connectivity index (χ4n) is 5.65. The number of sulfone groups is 1. The van der Waals surface area contributed by atoms with Crippen molar-refractivity contribution < 1.29 is 32.1 Å². The van der Waals surface area contributed by atoms with Crippen molar-refractivity contribution in [3.8, 4) is 17.2 Å². The van der Waals surface area contributed by atoms with Crippen LogP contribution in [0, 0.1) is 0 Å². The zero-order valence-electron chi connectivity index (χ0n) is 26.2. The van der Waals surface area contributed by atoms with E-state index in [1.54, 1.807) is 14.0 Å². The fraction of sp³-hybridized carbons (Fsp3) is 0.486. The second kappa shape index (κ2) is 17.4. The molecule has 1 saturated heterocycles. The summed E-state index contributed by atoms with van der Waals surface area (Å²) in [5.74, 6) is 2.66. The molecule has 4 rings (SSSR count). The minimum atomic E-state index is -3.23. The predicted octanol–water partition coefficient (Wildman–Crippen LogP) is 6.11. The summed E-state index contributed by atoms with van der Waals surface area (Å²) in [5.41, 5.74) is 2.98. The Morgan fingerprint density at radius 3 is 2.36 bits per heavy atom. The Morgan fingerprint density at radius 1 is 0.864 bits per heavy atom. The Kier molecular flexibility index (Phi) is 13.4. The molecule has 0 bridgehead atoms. The number of piperidine rings is 1. The van der Waals surface area contributed by atoms with Gasteiger partial charge < -0.3 is 29.0 Å². The summed E-state index contributed by atoms with van der Waals surface area (Å²) in [6, 6.07) is 23.6. The summed E-state index contributed by atoms with van der Waals surface area (Å²) in [6.45, 7) is 7.74. The molecule has 8 nitrogen and oxygen atoms in total. The molecule has 3 unspecified atom stereocenters. The van der Waals surface area contributed by atoms with Crippen LogP contribution in [0.25, 0.3) is 0 Å². The smallest absolute Gasteiger partial charge is 0.157 e. The zero-order valence-corrected chi connectivity index (χ0v) is 27.0. The third kappa shape index (κ3) is 9.44. The molecule has 0 aromatic heterocycles. The Hall–Kier alpha value is -3.11. The fourth-order valence-corrected chi connectivity index (χ4v) is 7.14. The summed E-state index contributed by atoms with van der Waals surface area (Å²) >= 11 is 0. The van der Waals surface area contributed by atoms with Crippen molar-refractivity contribution >= 4 is 9.84 Å². The van der Waals surface area contributed by atoms with E-state index in [2.05, 4.69) is 17.4 Å². The molecule has 0 amide bonds. The van der Waals surface area contributed by atoms with Crippen LogP contribution in [-0.2, 0) is 25.9 Å². The van der Waals surface area contributed by atoms with Crippen LogP contribution in [0.2, 0.25) is 0 Å². The van der Waals surface area contributed by atoms with Crippen LogP contribution in [0.15, 0.2) is 72.8 Å². The van der Waals surface area contributed by atoms with E-state index in [0.717, 1.165) is 48.6 Å². The van der Waals surface area contributed by atoms with Crippen LogP contribution in [0.3, 0.4) is 0 Å². The number of nitrogens with one attached hydrogen (secondary N) is 1. The normalized spacial score (nSPS) is 17.6. The van der Waals surface area contributed by atoms with E-state index in [-0.39, 0.29) is 17.8 Å². The Labute approximate surface area is 262 Å². The van der Waals surface area contributed by atoms with E-state index in [0.29, 0.717) is 45.2 Å². The number of para-hydroxylation sites is 2. The maximum absolute atomic E-state index is 12.7. The summed E-state index contributed by atoms with van der Waals surface area (Å²) in [7, 11) is -1.57. The standard InChI is InChI=1S/C35H47NO7S/c1-4-35(44(37,38)5-2)31-12-7-9-14-33(31)42-23-24-43-34-25-36-20-19-30(34)27-15-17-29(18-16-27)41-22-10-21-40-26-28-11-6-8-13-32(28)39-3/h6-9,11-18,30,34-36H,4-5,10,19-26H2,1-3H3. The Bertz CT molecular complexity index is 1380. The number of benzene rings is 3. The minimum absolute atomic E-state index is 0.0126. The van der Waals surface area contributed by atoms with Gasteiger partial charge in [0.25, 0.3) is 0 Å². The summed E-state index contributed by atoms with van der Waals surface area (Å²) in [6.07, 6.45) is 2.29. The van der Waals surface area contributed by atoms with E-state index in [9.17, 15) is 8.42 Å². The van der Waals surface area contributed by atoms with Crippen molar-refractivity contribution in [1.82, 2.24) is 5.32 Å². The maximum atomic E-state index is 12.7. The first kappa shape index (κ1) is 33.8. The van der Waals surface area contributed by atoms with Crippen LogP contribution in [0.4, 0.5) is 0 Å². The summed E-state index contributed by atoms with van der Waals surface area (Å²) in [4.78, 5) is 0. The SMILES string of the molecule is CCC(c1ccccc1OCCOC1CNCCC1c1ccc(OCCCOCc2ccccc2OC)cc1)S(=O)(=O)CC. The van der Waals surface area contributed by atoms with Gasteiger partial charge in [0.15, 0.2) is 9.84 Å². The molecule has 3 aromatic rings. The van der Waals surface area contributed by atoms with E-state index >= 15 is 0 Å². The van der Waals surface area contributed by atoms with Gasteiger partial charge in [-0.3, -0.25) is 0 Å². The Balaban J connectivity index is 1.22. The van der Waals surface area contributed by atoms with E-state index in [1.165, 1.54) is 5.56 Å². The van der Waals surface area contributed by atoms with Gasteiger partial charge in [-0.25, -0.2) is 8.42 Å². The van der Waals surface area contributed by atoms with E-state index in [4.69, 9.17) is 23.7 Å². The highest BCUT2D eigenvalue weighted by Crippen LogP contribution is 2.34. The van der Waals surface area contributed by atoms with Gasteiger partial charge in [-0.2, -0.15) is 0 Å². The molecule has 0 saturated carbocycles. The lowest BCUT2D eigenvalue weighted by atomic mass is 9.88. The predicted molar refractivity (Wildman–Crippen MR) is 174 cm³/mol. The summed E-state index contributed by atoms with van der Waals surface area (Å²) in [5, 5.41) is 2.88. The highest BCUT2D eigenvalue weighted by atomic mass is 32.2. The number of rotatable bonds is 18. The van der Waals surface area contributed by atoms with Crippen LogP contribution < -0.4 is 19.5 Å². The van der Waals surface area contributed by atoms with Gasteiger partial charge in [-0.1, -0.05) is 62.4 Å². The van der Waals surface area contributed by atoms with E-state index in [1.807, 2.05) is 67.6 Å². The Morgan fingerprint density at radius 2 is 1.61 bits per heavy atom. The van der Waals surface area contributed by atoms with Crippen molar-refractivity contribution in [2.45, 2.75) is 57.0 Å². The van der Waals surface area contributed by atoms with Crippen LogP contribution in [0.1, 0.15) is 61.0 Å². The zero-order chi connectivity index (χ0) is 31.2. The third-order valence-electron chi connectivity index (χ3n) is 8.03. The van der Waals surface area contributed by atoms with Gasteiger partial charge in [0.05, 0.1) is 44.9 Å². The lowest BCUT2D eigenvalue weighted by molar-refractivity contribution is 0.00720. The molecule has 1 aliphatic heterocycles. The number of hydrogen-bond donors (Lipinski definition) is 1. The highest BCUT2D eigenvalue weighted by Gasteiger charge is 2.28. The molecule has 1 aliphatic rings. The molecule has 3 atom stereocenters. The molecular weight excluding hydrogens is 578 g/mol. The average molecular weight is 626 g/mol. The van der Waals surface area contributed by atoms with Crippen molar-refractivity contribution in [3.63, 3.8) is 0 Å². The highest BCUT2D eigenvalue weighted by molar-refractivity contribution is 7.91. The van der Waals surface area contributed by atoms with Gasteiger partial charge in [0.2, 0.25) is 0 Å². The lowest BCUT2D eigenvalue weighted by Crippen LogP contribution is -2.41. The van der Waals surface area contributed by atoms with Gasteiger partial charge in [0.1, 0.15) is 23.9 Å². The van der Waals surface area contributed by atoms with Crippen molar-refractivity contribution in [2.75, 3.05) is 52.4 Å². The monoisotopic (exact) mass is 625 g/mol. The molecule has 0 radical (unpaired) electrons. The molecule has 1 heterocycles. The quantitative estimate of drug-likeness (QED) is 0.169. The molecule has 0 aliphatic carbocycles. The molecule has 1 fully saturated rings. The lowest BCUT2D eigenvalue weighted by Gasteiger charge is -2.32. The van der Waals surface area contributed by atoms with Gasteiger partial charge in [-0.05, 0) is 49.2 Å². The molecule has 240 valence electrons. The molecule has 0 spiro atoms. The number of hydrogen-bond acceptors (Lipinski definition) is 8. The molecule has 3 aromatic carbocycles. The molecule has 44 heavy (non-hydrogen) atoms. The van der Waals surface area contributed by atoms with Crippen molar-refractivity contribution in [1.29, 1.82) is 0 Å². The van der Waals surface area contributed by atoms with Crippen LogP contribution in [-0.4, -0.2) is 66.9 Å². The molecule has 9 heteroatoms.